The van der Waals surface area contributed by atoms with Crippen LogP contribution in [-0.2, 0) is 4.79 Å². The minimum Gasteiger partial charge on any atom is -0.353 e. The van der Waals surface area contributed by atoms with E-state index in [-0.39, 0.29) is 11.9 Å². The summed E-state index contributed by atoms with van der Waals surface area (Å²) in [5.74, 6) is 2.02. The normalized spacial score (nSPS) is 11.9. The van der Waals surface area contributed by atoms with Crippen LogP contribution in [0, 0.1) is 17.8 Å². The molecule has 2 N–H and O–H groups in total. The first-order chi connectivity index (χ1) is 7.34. The van der Waals surface area contributed by atoms with Gasteiger partial charge in [-0.2, -0.15) is 0 Å². The Hall–Kier alpha value is -0.570. The first-order valence-electron chi connectivity index (χ1n) is 6.34. The summed E-state index contributed by atoms with van der Waals surface area (Å²) in [6.45, 7) is 14.2. The number of carbonyl (C=O) groups is 1. The van der Waals surface area contributed by atoms with Gasteiger partial charge < -0.3 is 10.6 Å². The van der Waals surface area contributed by atoms with Crippen LogP contribution in [0.15, 0.2) is 0 Å². The van der Waals surface area contributed by atoms with Gasteiger partial charge in [-0.1, -0.05) is 27.7 Å². The quantitative estimate of drug-likeness (QED) is 0.700. The van der Waals surface area contributed by atoms with Gasteiger partial charge in [0.25, 0.3) is 0 Å². The second-order valence-corrected chi connectivity index (χ2v) is 5.51. The van der Waals surface area contributed by atoms with E-state index in [1.807, 2.05) is 13.8 Å². The fraction of sp³-hybridized carbons (Fsp3) is 0.923. The van der Waals surface area contributed by atoms with Crippen LogP contribution in [0.1, 0.15) is 41.5 Å². The maximum absolute atomic E-state index is 11.4. The molecule has 0 heterocycles. The summed E-state index contributed by atoms with van der Waals surface area (Å²) in [6.07, 6.45) is 0. The maximum Gasteiger partial charge on any atom is 0.234 e. The van der Waals surface area contributed by atoms with Crippen molar-refractivity contribution >= 4 is 5.91 Å². The number of amides is 1. The molecule has 0 aromatic rings. The van der Waals surface area contributed by atoms with Crippen LogP contribution in [0.25, 0.3) is 0 Å². The summed E-state index contributed by atoms with van der Waals surface area (Å²) in [5.41, 5.74) is 0. The van der Waals surface area contributed by atoms with Gasteiger partial charge in [-0.05, 0) is 38.1 Å². The molecule has 1 amide bonds. The fourth-order valence-corrected chi connectivity index (χ4v) is 1.97. The molecule has 0 unspecified atom stereocenters. The van der Waals surface area contributed by atoms with E-state index in [4.69, 9.17) is 0 Å². The van der Waals surface area contributed by atoms with Crippen LogP contribution < -0.4 is 10.6 Å². The maximum atomic E-state index is 11.4. The number of hydrogen-bond acceptors (Lipinski definition) is 2. The summed E-state index contributed by atoms with van der Waals surface area (Å²) in [7, 11) is 0. The highest BCUT2D eigenvalue weighted by molar-refractivity contribution is 5.78. The molecule has 0 aliphatic carbocycles. The van der Waals surface area contributed by atoms with Crippen LogP contribution in [0.5, 0.6) is 0 Å². The smallest absolute Gasteiger partial charge is 0.234 e. The first kappa shape index (κ1) is 15.4. The van der Waals surface area contributed by atoms with Crippen molar-refractivity contribution in [2.24, 2.45) is 17.8 Å². The van der Waals surface area contributed by atoms with E-state index in [2.05, 4.69) is 38.3 Å². The molecule has 0 rings (SSSR count). The largest absolute Gasteiger partial charge is 0.353 e. The van der Waals surface area contributed by atoms with Gasteiger partial charge in [0.15, 0.2) is 0 Å². The molecule has 3 nitrogen and oxygen atoms in total. The van der Waals surface area contributed by atoms with Gasteiger partial charge in [0.05, 0.1) is 6.54 Å². The fourth-order valence-electron chi connectivity index (χ4n) is 1.97. The summed E-state index contributed by atoms with van der Waals surface area (Å²) in [4.78, 5) is 11.4. The molecule has 0 fully saturated rings. The van der Waals surface area contributed by atoms with E-state index >= 15 is 0 Å². The molecule has 0 saturated heterocycles. The summed E-state index contributed by atoms with van der Waals surface area (Å²) in [5, 5.41) is 6.11. The Morgan fingerprint density at radius 1 is 1.00 bits per heavy atom. The zero-order valence-corrected chi connectivity index (χ0v) is 11.6. The molecule has 0 bridgehead atoms. The lowest BCUT2D eigenvalue weighted by molar-refractivity contribution is -0.120. The zero-order valence-electron chi connectivity index (χ0n) is 11.6. The van der Waals surface area contributed by atoms with Crippen LogP contribution in [0.3, 0.4) is 0 Å². The molecule has 16 heavy (non-hydrogen) atoms. The highest BCUT2D eigenvalue weighted by Gasteiger charge is 2.17. The summed E-state index contributed by atoms with van der Waals surface area (Å²) < 4.78 is 0. The standard InChI is InChI=1S/C13H28N2O/c1-9(2)12(10(3)4)7-14-8-13(16)15-11(5)6/h9-12,14H,7-8H2,1-6H3,(H,15,16). The number of carbonyl (C=O) groups excluding carboxylic acids is 1. The Morgan fingerprint density at radius 2 is 1.50 bits per heavy atom. The van der Waals surface area contributed by atoms with Gasteiger partial charge in [0.1, 0.15) is 0 Å². The molecule has 0 saturated carbocycles. The Labute approximate surface area is 100 Å². The third kappa shape index (κ3) is 6.83. The highest BCUT2D eigenvalue weighted by Crippen LogP contribution is 2.19. The predicted molar refractivity (Wildman–Crippen MR) is 69.3 cm³/mol. The topological polar surface area (TPSA) is 41.1 Å². The zero-order chi connectivity index (χ0) is 12.7. The predicted octanol–water partition coefficient (Wildman–Crippen LogP) is 2.03. The van der Waals surface area contributed by atoms with Gasteiger partial charge in [-0.15, -0.1) is 0 Å². The van der Waals surface area contributed by atoms with Gasteiger partial charge in [-0.25, -0.2) is 0 Å². The third-order valence-corrected chi connectivity index (χ3v) is 2.83. The molecule has 0 atom stereocenters. The lowest BCUT2D eigenvalue weighted by Crippen LogP contribution is -2.40. The van der Waals surface area contributed by atoms with Gasteiger partial charge in [-0.3, -0.25) is 4.79 Å². The minimum atomic E-state index is 0.0845. The molecular formula is C13H28N2O. The van der Waals surface area contributed by atoms with E-state index in [0.717, 1.165) is 6.54 Å². The third-order valence-electron chi connectivity index (χ3n) is 2.83. The molecule has 0 aromatic heterocycles. The molecule has 96 valence electrons. The molecule has 0 aliphatic rings. The second-order valence-electron chi connectivity index (χ2n) is 5.51. The molecule has 0 aromatic carbocycles. The molecule has 3 heteroatoms. The van der Waals surface area contributed by atoms with Crippen molar-refractivity contribution in [2.45, 2.75) is 47.6 Å². The summed E-state index contributed by atoms with van der Waals surface area (Å²) in [6, 6.07) is 0.222. The Morgan fingerprint density at radius 3 is 1.88 bits per heavy atom. The van der Waals surface area contributed by atoms with Crippen LogP contribution in [-0.4, -0.2) is 25.0 Å². The molecule has 0 spiro atoms. The van der Waals surface area contributed by atoms with Crippen molar-refractivity contribution in [3.63, 3.8) is 0 Å². The van der Waals surface area contributed by atoms with Crippen molar-refractivity contribution in [2.75, 3.05) is 13.1 Å². The van der Waals surface area contributed by atoms with Gasteiger partial charge in [0.2, 0.25) is 5.91 Å². The average Bonchev–Trinajstić information content (AvgIpc) is 2.09. The first-order valence-corrected chi connectivity index (χ1v) is 6.34. The van der Waals surface area contributed by atoms with E-state index < -0.39 is 0 Å². The highest BCUT2D eigenvalue weighted by atomic mass is 16.1. The van der Waals surface area contributed by atoms with E-state index in [9.17, 15) is 4.79 Å². The molecule has 0 aliphatic heterocycles. The SMILES string of the molecule is CC(C)NC(=O)CNCC(C(C)C)C(C)C. The van der Waals surface area contributed by atoms with Crippen molar-refractivity contribution in [1.82, 2.24) is 10.6 Å². The van der Waals surface area contributed by atoms with E-state index in [1.165, 1.54) is 0 Å². The van der Waals surface area contributed by atoms with Crippen LogP contribution >= 0.6 is 0 Å². The van der Waals surface area contributed by atoms with E-state index in [0.29, 0.717) is 24.3 Å². The van der Waals surface area contributed by atoms with E-state index in [1.54, 1.807) is 0 Å². The average molecular weight is 228 g/mol. The lowest BCUT2D eigenvalue weighted by atomic mass is 9.85. The van der Waals surface area contributed by atoms with Gasteiger partial charge in [0, 0.05) is 6.04 Å². The van der Waals surface area contributed by atoms with Crippen LogP contribution in [0.4, 0.5) is 0 Å². The number of nitrogens with one attached hydrogen (secondary N) is 2. The number of rotatable bonds is 7. The Balaban J connectivity index is 3.82. The minimum absolute atomic E-state index is 0.0845. The van der Waals surface area contributed by atoms with Crippen molar-refractivity contribution in [3.8, 4) is 0 Å². The van der Waals surface area contributed by atoms with Gasteiger partial charge >= 0.3 is 0 Å². The van der Waals surface area contributed by atoms with Crippen molar-refractivity contribution in [1.29, 1.82) is 0 Å². The molecule has 0 radical (unpaired) electrons. The Kier molecular flexibility index (Phi) is 7.39. The number of hydrogen-bond donors (Lipinski definition) is 2. The molecular weight excluding hydrogens is 200 g/mol. The Bertz CT molecular complexity index is 192. The van der Waals surface area contributed by atoms with Crippen LogP contribution in [0.2, 0.25) is 0 Å². The monoisotopic (exact) mass is 228 g/mol. The second kappa shape index (κ2) is 7.66. The lowest BCUT2D eigenvalue weighted by Gasteiger charge is -2.25. The van der Waals surface area contributed by atoms with Crippen molar-refractivity contribution < 1.29 is 4.79 Å². The van der Waals surface area contributed by atoms with Crippen molar-refractivity contribution in [3.05, 3.63) is 0 Å². The summed E-state index contributed by atoms with van der Waals surface area (Å²) >= 11 is 0.